The third-order valence-corrected chi connectivity index (χ3v) is 7.49. The van der Waals surface area contributed by atoms with Gasteiger partial charge in [-0.1, -0.05) is 19.9 Å². The van der Waals surface area contributed by atoms with Crippen LogP contribution in [0.4, 0.5) is 0 Å². The molecule has 184 valence electrons. The average Bonchev–Trinajstić information content (AvgIpc) is 3.14. The highest BCUT2D eigenvalue weighted by Crippen LogP contribution is 2.18. The summed E-state index contributed by atoms with van der Waals surface area (Å²) >= 11 is 3.14. The van der Waals surface area contributed by atoms with E-state index in [9.17, 15) is 22.8 Å². The molecule has 0 aromatic carbocycles. The first-order chi connectivity index (χ1) is 16.1. The van der Waals surface area contributed by atoms with Crippen LogP contribution >= 0.6 is 15.9 Å². The van der Waals surface area contributed by atoms with Crippen LogP contribution in [0, 0.1) is 5.92 Å². The monoisotopic (exact) mass is 554 g/mol. The van der Waals surface area contributed by atoms with Crippen molar-refractivity contribution in [1.82, 2.24) is 19.9 Å². The summed E-state index contributed by atoms with van der Waals surface area (Å²) in [6.45, 7) is 3.59. The molecule has 1 aliphatic rings. The van der Waals surface area contributed by atoms with Gasteiger partial charge in [-0.25, -0.2) is 13.4 Å². The molecule has 3 heterocycles. The highest BCUT2D eigenvalue weighted by atomic mass is 79.9. The van der Waals surface area contributed by atoms with Crippen LogP contribution in [0.1, 0.15) is 43.7 Å². The molecule has 12 heteroatoms. The number of halogens is 1. The van der Waals surface area contributed by atoms with Crippen molar-refractivity contribution in [3.8, 4) is 0 Å². The molecule has 0 unspecified atom stereocenters. The van der Waals surface area contributed by atoms with E-state index < -0.39 is 39.7 Å². The zero-order valence-electron chi connectivity index (χ0n) is 18.9. The fourth-order valence-electron chi connectivity index (χ4n) is 3.63. The number of nitrogens with one attached hydrogen (secondary N) is 2. The minimum atomic E-state index is -3.93. The van der Waals surface area contributed by atoms with Crippen molar-refractivity contribution < 1.29 is 27.2 Å². The number of nitrogens with zero attached hydrogens (tertiary/aromatic N) is 2. The highest BCUT2D eigenvalue weighted by Gasteiger charge is 2.35. The third-order valence-electron chi connectivity index (χ3n) is 5.31. The normalized spacial score (nSPS) is 18.4. The summed E-state index contributed by atoms with van der Waals surface area (Å²) in [5.74, 6) is -1.34. The molecule has 0 bridgehead atoms. The Balaban J connectivity index is 1.68. The molecule has 0 radical (unpaired) electrons. The summed E-state index contributed by atoms with van der Waals surface area (Å²) < 4.78 is 32.5. The molecule has 0 aliphatic carbocycles. The Bertz CT molecular complexity index is 1140. The van der Waals surface area contributed by atoms with E-state index in [-0.39, 0.29) is 36.2 Å². The Morgan fingerprint density at radius 3 is 2.65 bits per heavy atom. The first-order valence-electron chi connectivity index (χ1n) is 10.9. The third kappa shape index (κ3) is 6.51. The number of Topliss-reactive ketones (excluding diaryl/α,β-unsaturated/α-hetero) is 1. The molecule has 2 aromatic heterocycles. The molecule has 2 amide bonds. The van der Waals surface area contributed by atoms with Crippen LogP contribution < -0.4 is 10.6 Å². The van der Waals surface area contributed by atoms with Crippen LogP contribution in [0.2, 0.25) is 0 Å². The maximum Gasteiger partial charge on any atom is 0.287 e. The van der Waals surface area contributed by atoms with Crippen molar-refractivity contribution in [1.29, 1.82) is 0 Å². The van der Waals surface area contributed by atoms with Gasteiger partial charge < -0.3 is 15.1 Å². The standard InChI is InChI=1S/C22H27BrN4O6S/c1-14(2)12-16(26-22(30)18-8-9-19(23)33-18)21(29)25-15-6-5-11-27(13-17(15)28)34(31,32)20-7-3-4-10-24-20/h3-4,7-10,14-16H,5-6,11-13H2,1-2H3,(H,25,29)(H,26,30)/t15-,16-/m1/s1. The van der Waals surface area contributed by atoms with E-state index in [0.29, 0.717) is 17.5 Å². The number of hydrogen-bond acceptors (Lipinski definition) is 7. The van der Waals surface area contributed by atoms with Gasteiger partial charge in [0.2, 0.25) is 5.91 Å². The van der Waals surface area contributed by atoms with Crippen LogP contribution in [0.25, 0.3) is 0 Å². The number of aromatic nitrogens is 1. The van der Waals surface area contributed by atoms with Crippen LogP contribution in [0.5, 0.6) is 0 Å². The molecule has 3 rings (SSSR count). The predicted molar refractivity (Wildman–Crippen MR) is 126 cm³/mol. The molecule has 2 aromatic rings. The fraction of sp³-hybridized carbons (Fsp3) is 0.455. The second-order valence-corrected chi connectivity index (χ2v) is 11.1. The number of carbonyl (C=O) groups is 3. The van der Waals surface area contributed by atoms with Crippen LogP contribution in [0.15, 0.2) is 50.6 Å². The predicted octanol–water partition coefficient (Wildman–Crippen LogP) is 2.12. The maximum absolute atomic E-state index is 13.0. The van der Waals surface area contributed by atoms with E-state index >= 15 is 0 Å². The molecule has 2 N–H and O–H groups in total. The lowest BCUT2D eigenvalue weighted by Gasteiger charge is -2.23. The van der Waals surface area contributed by atoms with Gasteiger partial charge in [-0.15, -0.1) is 0 Å². The molecule has 1 aliphatic heterocycles. The molecule has 10 nitrogen and oxygen atoms in total. The molecule has 0 spiro atoms. The summed E-state index contributed by atoms with van der Waals surface area (Å²) in [6, 6.07) is 5.85. The van der Waals surface area contributed by atoms with Gasteiger partial charge >= 0.3 is 0 Å². The van der Waals surface area contributed by atoms with Crippen LogP contribution in [-0.2, 0) is 19.6 Å². The quantitative estimate of drug-likeness (QED) is 0.509. The number of sulfonamides is 1. The van der Waals surface area contributed by atoms with Gasteiger partial charge in [-0.3, -0.25) is 14.4 Å². The molecule has 0 saturated carbocycles. The Labute approximate surface area is 206 Å². The summed E-state index contributed by atoms with van der Waals surface area (Å²) in [5, 5.41) is 5.24. The second kappa shape index (κ2) is 11.2. The van der Waals surface area contributed by atoms with Crippen LogP contribution in [0.3, 0.4) is 0 Å². The summed E-state index contributed by atoms with van der Waals surface area (Å²) in [7, 11) is -3.93. The number of amides is 2. The summed E-state index contributed by atoms with van der Waals surface area (Å²) in [6.07, 6.45) is 2.39. The lowest BCUT2D eigenvalue weighted by molar-refractivity contribution is -0.129. The highest BCUT2D eigenvalue weighted by molar-refractivity contribution is 9.10. The summed E-state index contributed by atoms with van der Waals surface area (Å²) in [5.41, 5.74) is 0. The van der Waals surface area contributed by atoms with Crippen molar-refractivity contribution in [2.45, 2.75) is 50.2 Å². The van der Waals surface area contributed by atoms with Gasteiger partial charge in [0, 0.05) is 12.7 Å². The Hall–Kier alpha value is -2.57. The number of hydrogen-bond donors (Lipinski definition) is 2. The SMILES string of the molecule is CC(C)C[C@@H](NC(=O)c1ccc(Br)o1)C(=O)N[C@@H]1CCCN(S(=O)(=O)c2ccccn2)CC1=O. The number of carbonyl (C=O) groups excluding carboxylic acids is 3. The van der Waals surface area contributed by atoms with Gasteiger partial charge in [-0.05, 0) is 65.4 Å². The lowest BCUT2D eigenvalue weighted by atomic mass is 10.0. The molecular formula is C22H27BrN4O6S. The fourth-order valence-corrected chi connectivity index (χ4v) is 5.31. The number of ketones is 1. The van der Waals surface area contributed by atoms with E-state index in [2.05, 4.69) is 31.5 Å². The molecule has 1 saturated heterocycles. The number of pyridine rings is 1. The van der Waals surface area contributed by atoms with E-state index in [0.717, 1.165) is 4.31 Å². The maximum atomic E-state index is 13.0. The molecule has 2 atom stereocenters. The largest absolute Gasteiger partial charge is 0.444 e. The number of rotatable bonds is 8. The van der Waals surface area contributed by atoms with E-state index in [4.69, 9.17) is 4.42 Å². The van der Waals surface area contributed by atoms with Crippen molar-refractivity contribution >= 4 is 43.6 Å². The van der Waals surface area contributed by atoms with Crippen molar-refractivity contribution in [3.05, 3.63) is 47.0 Å². The first-order valence-corrected chi connectivity index (χ1v) is 13.1. The van der Waals surface area contributed by atoms with Crippen molar-refractivity contribution in [2.75, 3.05) is 13.1 Å². The summed E-state index contributed by atoms with van der Waals surface area (Å²) in [4.78, 5) is 42.3. The Morgan fingerprint density at radius 2 is 2.03 bits per heavy atom. The average molecular weight is 555 g/mol. The van der Waals surface area contributed by atoms with Gasteiger partial charge in [0.1, 0.15) is 6.04 Å². The Kier molecular flexibility index (Phi) is 8.61. The van der Waals surface area contributed by atoms with Gasteiger partial charge in [0.15, 0.2) is 21.2 Å². The first kappa shape index (κ1) is 26.0. The van der Waals surface area contributed by atoms with E-state index in [1.54, 1.807) is 18.2 Å². The van der Waals surface area contributed by atoms with Crippen molar-refractivity contribution in [2.24, 2.45) is 5.92 Å². The van der Waals surface area contributed by atoms with Crippen molar-refractivity contribution in [3.63, 3.8) is 0 Å². The second-order valence-electron chi connectivity index (χ2n) is 8.44. The number of furan rings is 1. The Morgan fingerprint density at radius 1 is 1.26 bits per heavy atom. The van der Waals surface area contributed by atoms with Gasteiger partial charge in [0.25, 0.3) is 15.9 Å². The zero-order chi connectivity index (χ0) is 24.9. The molecular weight excluding hydrogens is 528 g/mol. The molecule has 34 heavy (non-hydrogen) atoms. The topological polar surface area (TPSA) is 139 Å². The van der Waals surface area contributed by atoms with Gasteiger partial charge in [-0.2, -0.15) is 4.31 Å². The lowest BCUT2D eigenvalue weighted by Crippen LogP contribution is -2.52. The van der Waals surface area contributed by atoms with E-state index in [1.165, 1.54) is 18.3 Å². The zero-order valence-corrected chi connectivity index (χ0v) is 21.3. The minimum Gasteiger partial charge on any atom is -0.444 e. The smallest absolute Gasteiger partial charge is 0.287 e. The van der Waals surface area contributed by atoms with Gasteiger partial charge in [0.05, 0.1) is 12.6 Å². The van der Waals surface area contributed by atoms with Crippen LogP contribution in [-0.4, -0.2) is 60.5 Å². The molecule has 1 fully saturated rings. The minimum absolute atomic E-state index is 0.0503. The van der Waals surface area contributed by atoms with E-state index in [1.807, 2.05) is 13.8 Å².